The van der Waals surface area contributed by atoms with E-state index < -0.39 is 12.0 Å². The predicted octanol–water partition coefficient (Wildman–Crippen LogP) is 5.80. The Balaban J connectivity index is 1.88. The average molecular weight is 524 g/mol. The number of ether oxygens (including phenoxy) is 2. The summed E-state index contributed by atoms with van der Waals surface area (Å²) in [5.41, 5.74) is 2.56. The van der Waals surface area contributed by atoms with Crippen LogP contribution in [0.4, 0.5) is 5.69 Å². The highest BCUT2D eigenvalue weighted by atomic mass is 16.5. The number of aryl methyl sites for hydroxylation is 1. The van der Waals surface area contributed by atoms with E-state index in [4.69, 9.17) is 9.47 Å². The molecule has 2 aromatic carbocycles. The van der Waals surface area contributed by atoms with Gasteiger partial charge in [-0.15, -0.1) is 0 Å². The van der Waals surface area contributed by atoms with E-state index in [9.17, 15) is 14.4 Å². The monoisotopic (exact) mass is 523 g/mol. The van der Waals surface area contributed by atoms with Crippen LogP contribution in [0.15, 0.2) is 48.5 Å². The largest absolute Gasteiger partial charge is 0.462 e. The Bertz CT molecular complexity index is 1060. The lowest BCUT2D eigenvalue weighted by Crippen LogP contribution is -2.63. The van der Waals surface area contributed by atoms with Crippen LogP contribution in [0.5, 0.6) is 0 Å². The van der Waals surface area contributed by atoms with Gasteiger partial charge in [0.05, 0.1) is 30.9 Å². The average Bonchev–Trinajstić information content (AvgIpc) is 2.89. The lowest BCUT2D eigenvalue weighted by molar-refractivity contribution is -0.937. The van der Waals surface area contributed by atoms with E-state index in [0.717, 1.165) is 56.3 Å². The van der Waals surface area contributed by atoms with E-state index in [0.29, 0.717) is 22.2 Å². The van der Waals surface area contributed by atoms with Gasteiger partial charge in [-0.1, -0.05) is 55.8 Å². The minimum absolute atomic E-state index is 0.156. The van der Waals surface area contributed by atoms with Crippen LogP contribution in [0.3, 0.4) is 0 Å². The highest BCUT2D eigenvalue weighted by molar-refractivity contribution is 6.03. The fourth-order valence-electron chi connectivity index (χ4n) is 5.46. The Morgan fingerprint density at radius 3 is 2.24 bits per heavy atom. The maximum absolute atomic E-state index is 14.0. The molecule has 0 bridgehead atoms. The molecule has 0 aromatic heterocycles. The topological polar surface area (TPSA) is 81.7 Å². The minimum atomic E-state index is -0.460. The number of likely N-dealkylation sites (tertiary alicyclic amines) is 1. The molecule has 7 heteroatoms. The van der Waals surface area contributed by atoms with Crippen molar-refractivity contribution in [2.45, 2.75) is 78.4 Å². The minimum Gasteiger partial charge on any atom is -0.462 e. The number of hydrogen-bond acceptors (Lipinski definition) is 5. The second kappa shape index (κ2) is 14.7. The number of esters is 2. The van der Waals surface area contributed by atoms with Gasteiger partial charge in [-0.2, -0.15) is 0 Å². The summed E-state index contributed by atoms with van der Waals surface area (Å²) >= 11 is 0. The van der Waals surface area contributed by atoms with Crippen molar-refractivity contribution in [1.29, 1.82) is 0 Å². The summed E-state index contributed by atoms with van der Waals surface area (Å²) in [6, 6.07) is 14.6. The van der Waals surface area contributed by atoms with Crippen LogP contribution in [0, 0.1) is 6.92 Å². The normalized spacial score (nSPS) is 16.0. The lowest BCUT2D eigenvalue weighted by atomic mass is 9.98. The zero-order valence-electron chi connectivity index (χ0n) is 23.2. The molecule has 7 nitrogen and oxygen atoms in total. The zero-order chi connectivity index (χ0) is 27.4. The van der Waals surface area contributed by atoms with Gasteiger partial charge in [0, 0.05) is 6.42 Å². The highest BCUT2D eigenvalue weighted by Gasteiger charge is 2.43. The molecule has 0 spiro atoms. The summed E-state index contributed by atoms with van der Waals surface area (Å²) in [5, 5.41) is 3.08. The number of nitrogens with zero attached hydrogens (tertiary/aromatic N) is 1. The number of carbonyl (C=O) groups is 3. The number of carbonyl (C=O) groups excluding carboxylic acids is 3. The van der Waals surface area contributed by atoms with Crippen LogP contribution < -0.4 is 5.32 Å². The first-order valence-electron chi connectivity index (χ1n) is 14.0. The number of amides is 1. The first-order valence-corrected chi connectivity index (χ1v) is 14.0. The summed E-state index contributed by atoms with van der Waals surface area (Å²) in [5.74, 6) is -0.909. The van der Waals surface area contributed by atoms with Crippen molar-refractivity contribution < 1.29 is 28.3 Å². The van der Waals surface area contributed by atoms with Crippen LogP contribution in [0.1, 0.15) is 80.3 Å². The fraction of sp³-hybridized carbons (Fsp3) is 0.516. The van der Waals surface area contributed by atoms with E-state index in [1.54, 1.807) is 19.1 Å². The number of nitrogens with one attached hydrogen (secondary N) is 1. The number of para-hydroxylation sites is 1. The Morgan fingerprint density at radius 2 is 1.58 bits per heavy atom. The first kappa shape index (κ1) is 29.4. The molecular weight excluding hydrogens is 480 g/mol. The summed E-state index contributed by atoms with van der Waals surface area (Å²) in [6.45, 7) is 7.81. The van der Waals surface area contributed by atoms with Crippen LogP contribution >= 0.6 is 0 Å². The molecule has 38 heavy (non-hydrogen) atoms. The van der Waals surface area contributed by atoms with Gasteiger partial charge < -0.3 is 19.3 Å². The second-order valence-corrected chi connectivity index (χ2v) is 10.2. The smallest absolute Gasteiger partial charge is 0.362 e. The van der Waals surface area contributed by atoms with Crippen LogP contribution in [0.25, 0.3) is 0 Å². The van der Waals surface area contributed by atoms with Crippen LogP contribution in [-0.4, -0.2) is 54.6 Å². The summed E-state index contributed by atoms with van der Waals surface area (Å²) in [6.07, 6.45) is 6.70. The third kappa shape index (κ3) is 7.90. The molecule has 0 aliphatic carbocycles. The van der Waals surface area contributed by atoms with Gasteiger partial charge in [0.15, 0.2) is 12.6 Å². The second-order valence-electron chi connectivity index (χ2n) is 10.2. The molecule has 0 saturated carbocycles. The summed E-state index contributed by atoms with van der Waals surface area (Å²) in [7, 11) is 0. The molecule has 206 valence electrons. The van der Waals surface area contributed by atoms with Gasteiger partial charge in [0.1, 0.15) is 6.61 Å². The molecule has 1 saturated heterocycles. The highest BCUT2D eigenvalue weighted by Crippen LogP contribution is 2.28. The Morgan fingerprint density at radius 1 is 0.895 bits per heavy atom. The van der Waals surface area contributed by atoms with Crippen molar-refractivity contribution in [3.05, 3.63) is 65.2 Å². The van der Waals surface area contributed by atoms with Crippen molar-refractivity contribution in [3.63, 3.8) is 0 Å². The van der Waals surface area contributed by atoms with Crippen LogP contribution in [0.2, 0.25) is 0 Å². The lowest BCUT2D eigenvalue weighted by Gasteiger charge is -2.44. The van der Waals surface area contributed by atoms with Gasteiger partial charge >= 0.3 is 11.9 Å². The molecule has 1 fully saturated rings. The number of quaternary nitrogens is 1. The molecule has 1 aliphatic heterocycles. The number of rotatable bonds is 11. The quantitative estimate of drug-likeness (QED) is 0.297. The molecule has 1 N–H and O–H groups in total. The molecule has 0 radical (unpaired) electrons. The molecular formula is C31H43N2O5+. The van der Waals surface area contributed by atoms with Crippen molar-refractivity contribution in [3.8, 4) is 0 Å². The fourth-order valence-corrected chi connectivity index (χ4v) is 5.46. The van der Waals surface area contributed by atoms with Crippen molar-refractivity contribution >= 4 is 23.5 Å². The Kier molecular flexibility index (Phi) is 11.3. The first-order chi connectivity index (χ1) is 18.4. The molecule has 1 unspecified atom stereocenters. The molecule has 1 aliphatic rings. The van der Waals surface area contributed by atoms with E-state index in [1.165, 1.54) is 6.42 Å². The Hall–Kier alpha value is -3.19. The van der Waals surface area contributed by atoms with E-state index in [1.807, 2.05) is 43.3 Å². The van der Waals surface area contributed by atoms with Crippen molar-refractivity contribution in [2.24, 2.45) is 0 Å². The van der Waals surface area contributed by atoms with Crippen molar-refractivity contribution in [2.75, 3.05) is 31.6 Å². The van der Waals surface area contributed by atoms with Gasteiger partial charge in [-0.3, -0.25) is 4.79 Å². The van der Waals surface area contributed by atoms with Gasteiger partial charge in [0.2, 0.25) is 0 Å². The van der Waals surface area contributed by atoms with Gasteiger partial charge in [0.25, 0.3) is 5.91 Å². The number of hydrogen-bond donors (Lipinski definition) is 1. The third-order valence-electron chi connectivity index (χ3n) is 7.44. The number of anilines is 1. The zero-order valence-corrected chi connectivity index (χ0v) is 23.2. The van der Waals surface area contributed by atoms with E-state index in [2.05, 4.69) is 12.2 Å². The van der Waals surface area contributed by atoms with Gasteiger partial charge in [-0.25, -0.2) is 9.59 Å². The molecule has 1 atom stereocenters. The third-order valence-corrected chi connectivity index (χ3v) is 7.44. The molecule has 2 aromatic rings. The predicted molar refractivity (Wildman–Crippen MR) is 149 cm³/mol. The standard InChI is InChI=1S/C31H42N2O5/c1-4-15-27(30(35)32-29-24(3)16-14-19-26(29)31(36)37-5-2)33(20-12-7-6-8-13-21-33)22-28(34)38-23-25-17-10-9-11-18-25/h9-11,14,16-19,27H,4-8,12-13,15,20-23H2,1-3H3/p+1. The molecule has 1 amide bonds. The van der Waals surface area contributed by atoms with Gasteiger partial charge in [-0.05, 0) is 63.1 Å². The van der Waals surface area contributed by atoms with E-state index >= 15 is 0 Å². The van der Waals surface area contributed by atoms with Crippen LogP contribution in [-0.2, 0) is 25.7 Å². The Labute approximate surface area is 227 Å². The van der Waals surface area contributed by atoms with Crippen molar-refractivity contribution in [1.82, 2.24) is 0 Å². The summed E-state index contributed by atoms with van der Waals surface area (Å²) in [4.78, 5) is 39.9. The molecule has 1 heterocycles. The molecule has 3 rings (SSSR count). The van der Waals surface area contributed by atoms with E-state index in [-0.39, 0.29) is 31.6 Å². The number of benzene rings is 2. The maximum Gasteiger partial charge on any atom is 0.362 e. The SMILES string of the molecule is CCCC(C(=O)Nc1c(C)cccc1C(=O)OCC)[N+]1(CC(=O)OCc2ccccc2)CCCCCCC1. The maximum atomic E-state index is 14.0. The summed E-state index contributed by atoms with van der Waals surface area (Å²) < 4.78 is 11.3.